The van der Waals surface area contributed by atoms with Crippen LogP contribution in [0.3, 0.4) is 0 Å². The number of hydrogen-bond acceptors (Lipinski definition) is 7. The van der Waals surface area contributed by atoms with Crippen LogP contribution in [0, 0.1) is 0 Å². The number of aliphatic carboxylic acids is 1. The third kappa shape index (κ3) is 4.88. The zero-order valence-electron chi connectivity index (χ0n) is 12.7. The molecule has 0 aliphatic carbocycles. The summed E-state index contributed by atoms with van der Waals surface area (Å²) in [5.74, 6) is -1.18. The van der Waals surface area contributed by atoms with Crippen molar-refractivity contribution in [1.82, 2.24) is 10.2 Å². The summed E-state index contributed by atoms with van der Waals surface area (Å²) in [5, 5.41) is 17.8. The minimum Gasteiger partial charge on any atom is -0.481 e. The van der Waals surface area contributed by atoms with Gasteiger partial charge in [-0.2, -0.15) is 0 Å². The van der Waals surface area contributed by atoms with Crippen molar-refractivity contribution in [2.45, 2.75) is 24.5 Å². The van der Waals surface area contributed by atoms with E-state index in [-0.39, 0.29) is 31.1 Å². The molecule has 1 aromatic heterocycles. The molecule has 2 N–H and O–H groups in total. The molecule has 0 bridgehead atoms. The Bertz CT molecular complexity index is 842. The zero-order chi connectivity index (χ0) is 17.7. The van der Waals surface area contributed by atoms with Crippen molar-refractivity contribution >= 4 is 27.4 Å². The number of carbonyl (C=O) groups excluding carboxylic acids is 1. The lowest BCUT2D eigenvalue weighted by Gasteiger charge is -2.05. The van der Waals surface area contributed by atoms with E-state index in [1.807, 2.05) is 0 Å². The number of benzene rings is 1. The van der Waals surface area contributed by atoms with Gasteiger partial charge in [0.2, 0.25) is 21.6 Å². The van der Waals surface area contributed by atoms with Gasteiger partial charge in [0.1, 0.15) is 0 Å². The highest BCUT2D eigenvalue weighted by Gasteiger charge is 2.17. The second-order valence-corrected chi connectivity index (χ2v) is 6.91. The van der Waals surface area contributed by atoms with Crippen molar-refractivity contribution in [3.63, 3.8) is 0 Å². The van der Waals surface area contributed by atoms with Gasteiger partial charge >= 0.3 is 11.2 Å². The normalized spacial score (nSPS) is 11.2. The molecule has 2 aromatic rings. The average Bonchev–Trinajstić information content (AvgIpc) is 2.97. The van der Waals surface area contributed by atoms with Crippen LogP contribution in [0.15, 0.2) is 33.9 Å². The van der Waals surface area contributed by atoms with Crippen LogP contribution in [0.5, 0.6) is 0 Å². The zero-order valence-corrected chi connectivity index (χ0v) is 13.5. The fraction of sp³-hybridized carbons (Fsp3) is 0.286. The first-order chi connectivity index (χ1) is 11.3. The number of hydrogen-bond donors (Lipinski definition) is 2. The van der Waals surface area contributed by atoms with E-state index >= 15 is 0 Å². The van der Waals surface area contributed by atoms with Crippen molar-refractivity contribution < 1.29 is 27.5 Å². The molecular formula is C14H15N3O6S. The predicted molar refractivity (Wildman–Crippen MR) is 83.0 cm³/mol. The molecule has 1 amide bonds. The van der Waals surface area contributed by atoms with E-state index < -0.39 is 21.0 Å². The minimum absolute atomic E-state index is 0.0507. The molecular weight excluding hydrogens is 338 g/mol. The van der Waals surface area contributed by atoms with Gasteiger partial charge in [0.25, 0.3) is 0 Å². The Balaban J connectivity index is 1.99. The number of sulfone groups is 1. The Morgan fingerprint density at radius 1 is 1.17 bits per heavy atom. The molecule has 0 aliphatic heterocycles. The molecule has 2 rings (SSSR count). The van der Waals surface area contributed by atoms with Crippen LogP contribution in [0.1, 0.15) is 19.3 Å². The number of aromatic nitrogens is 2. The number of rotatable bonds is 7. The third-order valence-corrected chi connectivity index (χ3v) is 3.73. The summed E-state index contributed by atoms with van der Waals surface area (Å²) < 4.78 is 27.7. The largest absolute Gasteiger partial charge is 0.481 e. The van der Waals surface area contributed by atoms with Crippen LogP contribution < -0.4 is 5.32 Å². The Morgan fingerprint density at radius 2 is 1.83 bits per heavy atom. The van der Waals surface area contributed by atoms with Crippen LogP contribution in [0.25, 0.3) is 11.5 Å². The molecule has 0 fully saturated rings. The quantitative estimate of drug-likeness (QED) is 0.760. The number of nitrogens with one attached hydrogen (secondary N) is 1. The number of anilines is 1. The van der Waals surface area contributed by atoms with Crippen LogP contribution in [-0.2, 0) is 19.4 Å². The maximum Gasteiger partial charge on any atom is 0.335 e. The fourth-order valence-corrected chi connectivity index (χ4v) is 2.22. The molecule has 0 saturated carbocycles. The van der Waals surface area contributed by atoms with E-state index in [1.165, 1.54) is 0 Å². The van der Waals surface area contributed by atoms with Gasteiger partial charge in [-0.15, -0.1) is 5.10 Å². The van der Waals surface area contributed by atoms with Crippen molar-refractivity contribution in [2.24, 2.45) is 0 Å². The summed E-state index contributed by atoms with van der Waals surface area (Å²) in [5.41, 5.74) is 1.02. The van der Waals surface area contributed by atoms with Gasteiger partial charge in [-0.05, 0) is 30.7 Å². The number of carboxylic acid groups (broad SMARTS) is 1. The Kier molecular flexibility index (Phi) is 5.29. The summed E-state index contributed by atoms with van der Waals surface area (Å²) in [6.07, 6.45) is 1.27. The molecule has 1 aromatic carbocycles. The minimum atomic E-state index is -3.57. The molecule has 0 unspecified atom stereocenters. The summed E-state index contributed by atoms with van der Waals surface area (Å²) in [6.45, 7) is 0. The van der Waals surface area contributed by atoms with Crippen LogP contribution in [-0.4, -0.2) is 41.9 Å². The van der Waals surface area contributed by atoms with Crippen LogP contribution >= 0.6 is 0 Å². The SMILES string of the molecule is CS(=O)(=O)c1nnc(-c2ccc(NC(=O)CCCC(=O)O)cc2)o1. The van der Waals surface area contributed by atoms with Gasteiger partial charge in [0, 0.05) is 30.3 Å². The monoisotopic (exact) mass is 353 g/mol. The molecule has 24 heavy (non-hydrogen) atoms. The van der Waals surface area contributed by atoms with E-state index in [1.54, 1.807) is 24.3 Å². The molecule has 1 heterocycles. The molecule has 0 saturated heterocycles. The van der Waals surface area contributed by atoms with Crippen molar-refractivity contribution in [3.8, 4) is 11.5 Å². The number of carboxylic acids is 1. The molecule has 0 radical (unpaired) electrons. The highest BCUT2D eigenvalue weighted by molar-refractivity contribution is 7.90. The van der Waals surface area contributed by atoms with E-state index in [0.29, 0.717) is 11.3 Å². The topological polar surface area (TPSA) is 139 Å². The fourth-order valence-electron chi connectivity index (χ4n) is 1.80. The number of carbonyl (C=O) groups is 2. The molecule has 0 aliphatic rings. The lowest BCUT2D eigenvalue weighted by Crippen LogP contribution is -2.11. The smallest absolute Gasteiger partial charge is 0.335 e. The number of amides is 1. The van der Waals surface area contributed by atoms with Gasteiger partial charge in [-0.25, -0.2) is 8.42 Å². The molecule has 128 valence electrons. The van der Waals surface area contributed by atoms with E-state index in [2.05, 4.69) is 15.5 Å². The molecule has 9 nitrogen and oxygen atoms in total. The second kappa shape index (κ2) is 7.21. The van der Waals surface area contributed by atoms with Crippen molar-refractivity contribution in [1.29, 1.82) is 0 Å². The molecule has 0 atom stereocenters. The highest BCUT2D eigenvalue weighted by Crippen LogP contribution is 2.21. The van der Waals surface area contributed by atoms with Gasteiger partial charge in [-0.3, -0.25) is 9.59 Å². The summed E-state index contributed by atoms with van der Waals surface area (Å²) in [7, 11) is -3.57. The summed E-state index contributed by atoms with van der Waals surface area (Å²) in [6, 6.07) is 6.36. The molecule has 10 heteroatoms. The maximum atomic E-state index is 11.7. The van der Waals surface area contributed by atoms with Crippen LogP contribution in [0.4, 0.5) is 5.69 Å². The van der Waals surface area contributed by atoms with Crippen molar-refractivity contribution in [3.05, 3.63) is 24.3 Å². The average molecular weight is 353 g/mol. The second-order valence-electron chi connectivity index (χ2n) is 5.02. The first-order valence-electron chi connectivity index (χ1n) is 6.91. The third-order valence-electron chi connectivity index (χ3n) is 2.93. The first kappa shape index (κ1) is 17.6. The van der Waals surface area contributed by atoms with Crippen LogP contribution in [0.2, 0.25) is 0 Å². The van der Waals surface area contributed by atoms with Gasteiger partial charge in [-0.1, -0.05) is 5.10 Å². The Labute approximate surface area is 137 Å². The first-order valence-corrected chi connectivity index (χ1v) is 8.80. The van der Waals surface area contributed by atoms with Crippen molar-refractivity contribution in [2.75, 3.05) is 11.6 Å². The van der Waals surface area contributed by atoms with Gasteiger partial charge < -0.3 is 14.8 Å². The summed E-state index contributed by atoms with van der Waals surface area (Å²) in [4.78, 5) is 22.0. The van der Waals surface area contributed by atoms with Gasteiger partial charge in [0.05, 0.1) is 0 Å². The van der Waals surface area contributed by atoms with Gasteiger partial charge in [0.15, 0.2) is 0 Å². The summed E-state index contributed by atoms with van der Waals surface area (Å²) >= 11 is 0. The molecule has 0 spiro atoms. The van der Waals surface area contributed by atoms with E-state index in [4.69, 9.17) is 9.52 Å². The lowest BCUT2D eigenvalue weighted by molar-refractivity contribution is -0.137. The predicted octanol–water partition coefficient (Wildman–Crippen LogP) is 1.33. The Morgan fingerprint density at radius 3 is 2.38 bits per heavy atom. The lowest BCUT2D eigenvalue weighted by atomic mass is 10.2. The highest BCUT2D eigenvalue weighted by atomic mass is 32.2. The standard InChI is InChI=1S/C14H15N3O6S/c1-24(21,22)14-17-16-13(23-14)9-5-7-10(8-6-9)15-11(18)3-2-4-12(19)20/h5-8H,2-4H2,1H3,(H,15,18)(H,19,20). The van der Waals surface area contributed by atoms with E-state index in [0.717, 1.165) is 6.26 Å². The number of nitrogens with zero attached hydrogens (tertiary/aromatic N) is 2. The maximum absolute atomic E-state index is 11.7. The Hall–Kier alpha value is -2.75. The van der Waals surface area contributed by atoms with E-state index in [9.17, 15) is 18.0 Å².